The fourth-order valence-corrected chi connectivity index (χ4v) is 1.14. The molecule has 0 aliphatic rings. The van der Waals surface area contributed by atoms with Crippen LogP contribution in [-0.4, -0.2) is 11.2 Å². The molecule has 72 valence electrons. The molecule has 0 saturated heterocycles. The Labute approximate surface area is 78.4 Å². The zero-order valence-corrected chi connectivity index (χ0v) is 7.06. The summed E-state index contributed by atoms with van der Waals surface area (Å²) in [6.07, 6.45) is -0.910. The highest BCUT2D eigenvalue weighted by molar-refractivity contribution is 5.92. The Morgan fingerprint density at radius 3 is 3.00 bits per heavy atom. The number of primary amides is 1. The summed E-state index contributed by atoms with van der Waals surface area (Å²) in [5.74, 6) is 0.453. The van der Waals surface area contributed by atoms with Crippen molar-refractivity contribution in [1.82, 2.24) is 5.16 Å². The lowest BCUT2D eigenvalue weighted by molar-refractivity contribution is 0.210. The maximum atomic E-state index is 10.5. The zero-order chi connectivity index (χ0) is 10.1. The number of amides is 1. The van der Waals surface area contributed by atoms with Crippen LogP contribution < -0.4 is 16.2 Å². The van der Waals surface area contributed by atoms with Gasteiger partial charge in [-0.25, -0.2) is 4.79 Å². The van der Waals surface area contributed by atoms with Gasteiger partial charge in [0.15, 0.2) is 11.6 Å². The lowest BCUT2D eigenvalue weighted by Gasteiger charge is -1.98. The van der Waals surface area contributed by atoms with Crippen molar-refractivity contribution in [3.63, 3.8) is 0 Å². The van der Waals surface area contributed by atoms with Crippen LogP contribution in [0.2, 0.25) is 0 Å². The summed E-state index contributed by atoms with van der Waals surface area (Å²) < 4.78 is 9.56. The number of hydrogen-bond donors (Lipinski definition) is 2. The van der Waals surface area contributed by atoms with Crippen LogP contribution in [0.25, 0.3) is 11.0 Å². The summed E-state index contributed by atoms with van der Waals surface area (Å²) in [6, 6.07) is 4.90. The number of benzene rings is 1. The second-order valence-electron chi connectivity index (χ2n) is 2.62. The summed E-state index contributed by atoms with van der Waals surface area (Å²) in [5, 5.41) is 4.12. The van der Waals surface area contributed by atoms with E-state index < -0.39 is 6.09 Å². The molecule has 1 amide bonds. The number of rotatable bonds is 1. The van der Waals surface area contributed by atoms with E-state index in [4.69, 9.17) is 20.7 Å². The standard InChI is InChI=1S/C8H7N3O3/c9-7-4-2-1-3-5(13-8(10)12)6(4)14-11-7/h1-3H,(H2,9,11)(H2,10,12). The van der Waals surface area contributed by atoms with Gasteiger partial charge in [-0.15, -0.1) is 0 Å². The number of ether oxygens (including phenoxy) is 1. The van der Waals surface area contributed by atoms with Crippen LogP contribution in [-0.2, 0) is 0 Å². The van der Waals surface area contributed by atoms with Crippen LogP contribution in [0.4, 0.5) is 10.6 Å². The lowest BCUT2D eigenvalue weighted by Crippen LogP contribution is -2.16. The van der Waals surface area contributed by atoms with Gasteiger partial charge in [0, 0.05) is 0 Å². The molecule has 0 unspecified atom stereocenters. The number of nitrogens with two attached hydrogens (primary N) is 2. The molecule has 1 aromatic carbocycles. The van der Waals surface area contributed by atoms with E-state index in [1.165, 1.54) is 6.07 Å². The first-order chi connectivity index (χ1) is 6.68. The number of nitrogen functional groups attached to an aromatic ring is 1. The van der Waals surface area contributed by atoms with Crippen molar-refractivity contribution in [2.24, 2.45) is 5.73 Å². The molecular formula is C8H7N3O3. The number of para-hydroxylation sites is 1. The summed E-state index contributed by atoms with van der Waals surface area (Å²) in [7, 11) is 0. The van der Waals surface area contributed by atoms with Gasteiger partial charge in [0.2, 0.25) is 5.58 Å². The minimum atomic E-state index is -0.910. The van der Waals surface area contributed by atoms with Crippen LogP contribution in [0.3, 0.4) is 0 Å². The molecule has 2 aromatic rings. The summed E-state index contributed by atoms with van der Waals surface area (Å²) in [4.78, 5) is 10.5. The molecule has 14 heavy (non-hydrogen) atoms. The van der Waals surface area contributed by atoms with E-state index >= 15 is 0 Å². The molecule has 4 N–H and O–H groups in total. The molecule has 0 radical (unpaired) electrons. The molecule has 0 atom stereocenters. The monoisotopic (exact) mass is 193 g/mol. The minimum Gasteiger partial charge on any atom is -0.406 e. The lowest BCUT2D eigenvalue weighted by atomic mass is 10.2. The molecule has 0 aliphatic carbocycles. The number of aromatic nitrogens is 1. The van der Waals surface area contributed by atoms with E-state index in [0.29, 0.717) is 11.0 Å². The van der Waals surface area contributed by atoms with Gasteiger partial charge in [-0.3, -0.25) is 0 Å². The van der Waals surface area contributed by atoms with Crippen LogP contribution in [0.15, 0.2) is 22.7 Å². The van der Waals surface area contributed by atoms with Crippen LogP contribution in [0, 0.1) is 0 Å². The molecule has 0 bridgehead atoms. The molecule has 0 aliphatic heterocycles. The SMILES string of the molecule is NC(=O)Oc1cccc2c(N)noc12. The Morgan fingerprint density at radius 2 is 2.29 bits per heavy atom. The third kappa shape index (κ3) is 1.22. The van der Waals surface area contributed by atoms with E-state index in [1.54, 1.807) is 12.1 Å². The van der Waals surface area contributed by atoms with Crippen molar-refractivity contribution in [2.75, 3.05) is 5.73 Å². The van der Waals surface area contributed by atoms with Gasteiger partial charge < -0.3 is 20.7 Å². The highest BCUT2D eigenvalue weighted by Crippen LogP contribution is 2.28. The number of fused-ring (bicyclic) bond motifs is 1. The molecule has 2 rings (SSSR count). The normalized spacial score (nSPS) is 10.3. The Bertz CT molecular complexity index is 492. The van der Waals surface area contributed by atoms with E-state index in [2.05, 4.69) is 5.16 Å². The Balaban J connectivity index is 2.59. The van der Waals surface area contributed by atoms with Gasteiger partial charge in [0.1, 0.15) is 0 Å². The molecule has 6 heteroatoms. The Morgan fingerprint density at radius 1 is 1.50 bits per heavy atom. The quantitative estimate of drug-likeness (QED) is 0.699. The average molecular weight is 193 g/mol. The van der Waals surface area contributed by atoms with Gasteiger partial charge in [-0.2, -0.15) is 0 Å². The smallest absolute Gasteiger partial charge is 0.406 e. The van der Waals surface area contributed by atoms with Crippen molar-refractivity contribution < 1.29 is 14.1 Å². The fourth-order valence-electron chi connectivity index (χ4n) is 1.14. The maximum absolute atomic E-state index is 10.5. The van der Waals surface area contributed by atoms with Crippen molar-refractivity contribution in [1.29, 1.82) is 0 Å². The Kier molecular flexibility index (Phi) is 1.74. The van der Waals surface area contributed by atoms with Gasteiger partial charge in [-0.05, 0) is 12.1 Å². The second kappa shape index (κ2) is 2.91. The Hall–Kier alpha value is -2.24. The van der Waals surface area contributed by atoms with Gasteiger partial charge in [0.05, 0.1) is 5.39 Å². The molecule has 0 saturated carbocycles. The van der Waals surface area contributed by atoms with Crippen LogP contribution in [0.5, 0.6) is 5.75 Å². The van der Waals surface area contributed by atoms with Crippen molar-refractivity contribution in [2.45, 2.75) is 0 Å². The van der Waals surface area contributed by atoms with Crippen molar-refractivity contribution in [3.05, 3.63) is 18.2 Å². The number of hydrogen-bond acceptors (Lipinski definition) is 5. The number of nitrogens with zero attached hydrogens (tertiary/aromatic N) is 1. The maximum Gasteiger partial charge on any atom is 0.410 e. The summed E-state index contributed by atoms with van der Waals surface area (Å²) in [5.41, 5.74) is 10.7. The highest BCUT2D eigenvalue weighted by Gasteiger charge is 2.11. The van der Waals surface area contributed by atoms with Crippen LogP contribution >= 0.6 is 0 Å². The first-order valence-corrected chi connectivity index (χ1v) is 3.79. The van der Waals surface area contributed by atoms with Gasteiger partial charge >= 0.3 is 6.09 Å². The fraction of sp³-hybridized carbons (Fsp3) is 0. The first-order valence-electron chi connectivity index (χ1n) is 3.79. The zero-order valence-electron chi connectivity index (χ0n) is 7.06. The predicted molar refractivity (Wildman–Crippen MR) is 48.6 cm³/mol. The number of carbonyl (C=O) groups is 1. The molecule has 6 nitrogen and oxygen atoms in total. The third-order valence-electron chi connectivity index (χ3n) is 1.70. The summed E-state index contributed by atoms with van der Waals surface area (Å²) >= 11 is 0. The average Bonchev–Trinajstić information content (AvgIpc) is 2.49. The van der Waals surface area contributed by atoms with Crippen molar-refractivity contribution in [3.8, 4) is 5.75 Å². The first kappa shape index (κ1) is 8.36. The number of carbonyl (C=O) groups excluding carboxylic acids is 1. The largest absolute Gasteiger partial charge is 0.410 e. The van der Waals surface area contributed by atoms with Crippen molar-refractivity contribution >= 4 is 22.9 Å². The molecular weight excluding hydrogens is 186 g/mol. The molecule has 1 heterocycles. The minimum absolute atomic E-state index is 0.208. The van der Waals surface area contributed by atoms with E-state index in [9.17, 15) is 4.79 Å². The molecule has 0 spiro atoms. The second-order valence-corrected chi connectivity index (χ2v) is 2.62. The van der Waals surface area contributed by atoms with E-state index in [-0.39, 0.29) is 11.6 Å². The van der Waals surface area contributed by atoms with Crippen LogP contribution in [0.1, 0.15) is 0 Å². The van der Waals surface area contributed by atoms with E-state index in [1.807, 2.05) is 0 Å². The molecule has 0 fully saturated rings. The highest BCUT2D eigenvalue weighted by atomic mass is 16.6. The van der Waals surface area contributed by atoms with E-state index in [0.717, 1.165) is 0 Å². The number of anilines is 1. The summed E-state index contributed by atoms with van der Waals surface area (Å²) in [6.45, 7) is 0. The topological polar surface area (TPSA) is 104 Å². The third-order valence-corrected chi connectivity index (χ3v) is 1.70. The molecule has 1 aromatic heterocycles. The predicted octanol–water partition coefficient (Wildman–Crippen LogP) is 0.868. The van der Waals surface area contributed by atoms with Gasteiger partial charge in [-0.1, -0.05) is 11.2 Å². The van der Waals surface area contributed by atoms with Gasteiger partial charge in [0.25, 0.3) is 0 Å².